The van der Waals surface area contributed by atoms with Crippen LogP contribution in [0.4, 0.5) is 8.78 Å². The summed E-state index contributed by atoms with van der Waals surface area (Å²) in [5.74, 6) is -1.91. The van der Waals surface area contributed by atoms with Crippen molar-refractivity contribution in [2.75, 3.05) is 19.6 Å². The molecule has 1 saturated heterocycles. The summed E-state index contributed by atoms with van der Waals surface area (Å²) in [5.41, 5.74) is 0. The summed E-state index contributed by atoms with van der Waals surface area (Å²) in [4.78, 5) is 0. The SMILES string of the molecule is FC1(F)CCCCC1NCC1CNC1. The van der Waals surface area contributed by atoms with E-state index < -0.39 is 12.0 Å². The van der Waals surface area contributed by atoms with E-state index in [2.05, 4.69) is 10.6 Å². The summed E-state index contributed by atoms with van der Waals surface area (Å²) in [5, 5.41) is 6.17. The van der Waals surface area contributed by atoms with Crippen LogP contribution in [0.5, 0.6) is 0 Å². The Bertz CT molecular complexity index is 193. The monoisotopic (exact) mass is 204 g/mol. The van der Waals surface area contributed by atoms with Gasteiger partial charge in [0.2, 0.25) is 0 Å². The van der Waals surface area contributed by atoms with Crippen LogP contribution < -0.4 is 10.6 Å². The fourth-order valence-corrected chi connectivity index (χ4v) is 2.15. The zero-order valence-corrected chi connectivity index (χ0v) is 8.36. The van der Waals surface area contributed by atoms with Gasteiger partial charge in [0, 0.05) is 26.1 Å². The van der Waals surface area contributed by atoms with Crippen LogP contribution >= 0.6 is 0 Å². The molecule has 1 heterocycles. The maximum absolute atomic E-state index is 13.4. The van der Waals surface area contributed by atoms with Crippen LogP contribution in [-0.4, -0.2) is 31.6 Å². The molecule has 2 N–H and O–H groups in total. The summed E-state index contributed by atoms with van der Waals surface area (Å²) in [6.07, 6.45) is 2.31. The molecule has 0 spiro atoms. The van der Waals surface area contributed by atoms with Gasteiger partial charge in [-0.25, -0.2) is 8.78 Å². The van der Waals surface area contributed by atoms with Crippen LogP contribution in [-0.2, 0) is 0 Å². The van der Waals surface area contributed by atoms with Gasteiger partial charge in [0.25, 0.3) is 5.92 Å². The molecule has 1 atom stereocenters. The zero-order valence-electron chi connectivity index (χ0n) is 8.36. The number of hydrogen-bond acceptors (Lipinski definition) is 2. The van der Waals surface area contributed by atoms with Crippen LogP contribution in [0.1, 0.15) is 25.7 Å². The molecule has 82 valence electrons. The first-order valence-corrected chi connectivity index (χ1v) is 5.50. The highest BCUT2D eigenvalue weighted by Crippen LogP contribution is 2.33. The fraction of sp³-hybridized carbons (Fsp3) is 1.00. The zero-order chi connectivity index (χ0) is 10.0. The number of rotatable bonds is 3. The third kappa shape index (κ3) is 2.23. The molecule has 14 heavy (non-hydrogen) atoms. The number of hydrogen-bond donors (Lipinski definition) is 2. The van der Waals surface area contributed by atoms with Crippen molar-refractivity contribution in [1.82, 2.24) is 10.6 Å². The van der Waals surface area contributed by atoms with Crippen molar-refractivity contribution >= 4 is 0 Å². The summed E-state index contributed by atoms with van der Waals surface area (Å²) >= 11 is 0. The average molecular weight is 204 g/mol. The minimum atomic E-state index is -2.48. The first-order chi connectivity index (χ1) is 6.68. The van der Waals surface area contributed by atoms with Gasteiger partial charge in [-0.3, -0.25) is 0 Å². The van der Waals surface area contributed by atoms with Crippen molar-refractivity contribution in [3.05, 3.63) is 0 Å². The van der Waals surface area contributed by atoms with E-state index >= 15 is 0 Å². The molecule has 2 fully saturated rings. The van der Waals surface area contributed by atoms with Crippen molar-refractivity contribution < 1.29 is 8.78 Å². The second-order valence-electron chi connectivity index (χ2n) is 4.49. The van der Waals surface area contributed by atoms with E-state index in [0.717, 1.165) is 26.1 Å². The molecule has 0 amide bonds. The Morgan fingerprint density at radius 1 is 1.29 bits per heavy atom. The highest BCUT2D eigenvalue weighted by molar-refractivity contribution is 4.89. The normalized spacial score (nSPS) is 32.6. The molecule has 2 rings (SSSR count). The molecule has 4 heteroatoms. The molecule has 1 saturated carbocycles. The molecule has 1 aliphatic heterocycles. The molecule has 0 aromatic heterocycles. The molecule has 0 bridgehead atoms. The minimum absolute atomic E-state index is 0.0631. The molecule has 1 aliphatic carbocycles. The Hall–Kier alpha value is -0.220. The molecule has 0 radical (unpaired) electrons. The average Bonchev–Trinajstić information content (AvgIpc) is 2.04. The topological polar surface area (TPSA) is 24.1 Å². The van der Waals surface area contributed by atoms with E-state index in [0.29, 0.717) is 18.8 Å². The highest BCUT2D eigenvalue weighted by Gasteiger charge is 2.41. The minimum Gasteiger partial charge on any atom is -0.316 e. The third-order valence-electron chi connectivity index (χ3n) is 3.28. The van der Waals surface area contributed by atoms with Gasteiger partial charge in [-0.05, 0) is 18.8 Å². The van der Waals surface area contributed by atoms with Gasteiger partial charge >= 0.3 is 0 Å². The van der Waals surface area contributed by atoms with Gasteiger partial charge in [-0.15, -0.1) is 0 Å². The molecular formula is C10H18F2N2. The Morgan fingerprint density at radius 2 is 2.07 bits per heavy atom. The molecule has 2 aliphatic rings. The first kappa shape index (κ1) is 10.3. The summed E-state index contributed by atoms with van der Waals surface area (Å²) in [6.45, 7) is 2.70. The maximum Gasteiger partial charge on any atom is 0.263 e. The molecule has 0 aromatic rings. The second kappa shape index (κ2) is 4.11. The van der Waals surface area contributed by atoms with Gasteiger partial charge in [0.15, 0.2) is 0 Å². The van der Waals surface area contributed by atoms with E-state index in [1.165, 1.54) is 0 Å². The van der Waals surface area contributed by atoms with Gasteiger partial charge in [-0.2, -0.15) is 0 Å². The van der Waals surface area contributed by atoms with Crippen molar-refractivity contribution in [3.8, 4) is 0 Å². The van der Waals surface area contributed by atoms with E-state index in [4.69, 9.17) is 0 Å². The highest BCUT2D eigenvalue weighted by atomic mass is 19.3. The first-order valence-electron chi connectivity index (χ1n) is 5.50. The summed E-state index contributed by atoms with van der Waals surface area (Å²) in [7, 11) is 0. The van der Waals surface area contributed by atoms with E-state index in [-0.39, 0.29) is 6.42 Å². The van der Waals surface area contributed by atoms with E-state index in [1.54, 1.807) is 0 Å². The second-order valence-corrected chi connectivity index (χ2v) is 4.49. The lowest BCUT2D eigenvalue weighted by Crippen LogP contribution is -2.53. The Kier molecular flexibility index (Phi) is 3.02. The Morgan fingerprint density at radius 3 is 2.64 bits per heavy atom. The predicted molar refractivity (Wildman–Crippen MR) is 51.6 cm³/mol. The van der Waals surface area contributed by atoms with Crippen molar-refractivity contribution in [3.63, 3.8) is 0 Å². The summed E-state index contributed by atoms with van der Waals surface area (Å²) < 4.78 is 26.7. The fourth-order valence-electron chi connectivity index (χ4n) is 2.15. The predicted octanol–water partition coefficient (Wildman–Crippen LogP) is 1.37. The third-order valence-corrected chi connectivity index (χ3v) is 3.28. The quantitative estimate of drug-likeness (QED) is 0.725. The van der Waals surface area contributed by atoms with Gasteiger partial charge < -0.3 is 10.6 Å². The molecule has 0 aromatic carbocycles. The van der Waals surface area contributed by atoms with Crippen LogP contribution in [0, 0.1) is 5.92 Å². The van der Waals surface area contributed by atoms with E-state index in [1.807, 2.05) is 0 Å². The molecular weight excluding hydrogens is 186 g/mol. The van der Waals surface area contributed by atoms with Crippen molar-refractivity contribution in [2.45, 2.75) is 37.6 Å². The maximum atomic E-state index is 13.4. The largest absolute Gasteiger partial charge is 0.316 e. The smallest absolute Gasteiger partial charge is 0.263 e. The lowest BCUT2D eigenvalue weighted by Gasteiger charge is -2.35. The Labute approximate surface area is 83.4 Å². The lowest BCUT2D eigenvalue weighted by atomic mass is 9.91. The van der Waals surface area contributed by atoms with Gasteiger partial charge in [0.1, 0.15) is 0 Å². The van der Waals surface area contributed by atoms with Crippen LogP contribution in [0.25, 0.3) is 0 Å². The lowest BCUT2D eigenvalue weighted by molar-refractivity contribution is -0.0647. The van der Waals surface area contributed by atoms with Crippen LogP contribution in [0.2, 0.25) is 0 Å². The molecule has 2 nitrogen and oxygen atoms in total. The van der Waals surface area contributed by atoms with Crippen LogP contribution in [0.15, 0.2) is 0 Å². The van der Waals surface area contributed by atoms with E-state index in [9.17, 15) is 8.78 Å². The summed E-state index contributed by atoms with van der Waals surface area (Å²) in [6, 6.07) is -0.572. The standard InChI is InChI=1S/C10H18F2N2/c11-10(12)4-2-1-3-9(10)14-7-8-5-13-6-8/h8-9,13-14H,1-7H2. The number of nitrogens with one attached hydrogen (secondary N) is 2. The molecule has 1 unspecified atom stereocenters. The van der Waals surface area contributed by atoms with Crippen molar-refractivity contribution in [2.24, 2.45) is 5.92 Å². The Balaban J connectivity index is 1.76. The van der Waals surface area contributed by atoms with Gasteiger partial charge in [-0.1, -0.05) is 6.42 Å². The number of halogens is 2. The van der Waals surface area contributed by atoms with Crippen LogP contribution in [0.3, 0.4) is 0 Å². The number of alkyl halides is 2. The van der Waals surface area contributed by atoms with Gasteiger partial charge in [0.05, 0.1) is 6.04 Å². The van der Waals surface area contributed by atoms with Crippen molar-refractivity contribution in [1.29, 1.82) is 0 Å².